The zero-order valence-corrected chi connectivity index (χ0v) is 11.7. The summed E-state index contributed by atoms with van der Waals surface area (Å²) in [6.45, 7) is 0. The molecule has 0 aromatic heterocycles. The van der Waals surface area contributed by atoms with Crippen molar-refractivity contribution in [3.63, 3.8) is 0 Å². The van der Waals surface area contributed by atoms with Crippen LogP contribution in [0.3, 0.4) is 0 Å². The van der Waals surface area contributed by atoms with Gasteiger partial charge in [-0.25, -0.2) is 0 Å². The number of nitriles is 2. The molecule has 1 unspecified atom stereocenters. The molecule has 0 bridgehead atoms. The van der Waals surface area contributed by atoms with Gasteiger partial charge in [-0.15, -0.1) is 0 Å². The number of aliphatic hydroxyl groups is 2. The van der Waals surface area contributed by atoms with Crippen molar-refractivity contribution < 1.29 is 10.2 Å². The number of aliphatic hydroxyl groups excluding tert-OH is 2. The van der Waals surface area contributed by atoms with Crippen molar-refractivity contribution in [3.8, 4) is 12.1 Å². The fourth-order valence-corrected chi connectivity index (χ4v) is 2.33. The molecular formula is C13H9BrN4O2. The van der Waals surface area contributed by atoms with Crippen molar-refractivity contribution in [1.82, 2.24) is 0 Å². The number of hydrogen-bond donors (Lipinski definition) is 3. The number of hydrogen-bond acceptors (Lipinski definition) is 6. The van der Waals surface area contributed by atoms with Gasteiger partial charge in [-0.05, 0) is 28.1 Å². The second-order valence-electron chi connectivity index (χ2n) is 3.95. The fourth-order valence-electron chi connectivity index (χ4n) is 1.87. The Morgan fingerprint density at radius 3 is 2.35 bits per heavy atom. The lowest BCUT2D eigenvalue weighted by atomic mass is 9.99. The molecule has 0 saturated carbocycles. The molecule has 1 aromatic rings. The topological polar surface area (TPSA) is 117 Å². The highest BCUT2D eigenvalue weighted by Gasteiger charge is 2.34. The molecule has 0 fully saturated rings. The average molecular weight is 333 g/mol. The van der Waals surface area contributed by atoms with Crippen molar-refractivity contribution in [2.75, 3.05) is 4.90 Å². The molecule has 6 nitrogen and oxygen atoms in total. The minimum Gasteiger partial charge on any atom is -0.493 e. The van der Waals surface area contributed by atoms with E-state index in [1.165, 1.54) is 0 Å². The van der Waals surface area contributed by atoms with Gasteiger partial charge >= 0.3 is 0 Å². The Kier molecular flexibility index (Phi) is 3.66. The van der Waals surface area contributed by atoms with Crippen LogP contribution < -0.4 is 10.6 Å². The number of benzene rings is 1. The van der Waals surface area contributed by atoms with E-state index in [2.05, 4.69) is 15.9 Å². The first-order valence-corrected chi connectivity index (χ1v) is 6.28. The van der Waals surface area contributed by atoms with E-state index in [4.69, 9.17) is 16.3 Å². The van der Waals surface area contributed by atoms with Crippen molar-refractivity contribution >= 4 is 21.6 Å². The molecule has 0 aliphatic carbocycles. The van der Waals surface area contributed by atoms with Crippen LogP contribution >= 0.6 is 15.9 Å². The summed E-state index contributed by atoms with van der Waals surface area (Å²) in [6, 6.07) is 10.3. The molecule has 7 heteroatoms. The minimum atomic E-state index is -1.52. The molecule has 100 valence electrons. The third-order valence-electron chi connectivity index (χ3n) is 2.85. The largest absolute Gasteiger partial charge is 0.493 e. The Bertz CT molecular complexity index is 674. The van der Waals surface area contributed by atoms with Gasteiger partial charge < -0.3 is 15.9 Å². The average Bonchev–Trinajstić information content (AvgIpc) is 2.42. The number of halogens is 1. The Labute approximate surface area is 123 Å². The third kappa shape index (κ3) is 1.99. The summed E-state index contributed by atoms with van der Waals surface area (Å²) < 4.78 is 0.612. The summed E-state index contributed by atoms with van der Waals surface area (Å²) in [7, 11) is 0. The molecule has 1 aliphatic heterocycles. The predicted molar refractivity (Wildman–Crippen MR) is 74.7 cm³/mol. The molecule has 20 heavy (non-hydrogen) atoms. The highest BCUT2D eigenvalue weighted by molar-refractivity contribution is 9.10. The monoisotopic (exact) mass is 332 g/mol. The molecular weight excluding hydrogens is 324 g/mol. The molecule has 1 atom stereocenters. The zero-order chi connectivity index (χ0) is 14.9. The van der Waals surface area contributed by atoms with Gasteiger partial charge in [0.25, 0.3) is 0 Å². The quantitative estimate of drug-likeness (QED) is 0.719. The summed E-state index contributed by atoms with van der Waals surface area (Å²) in [5.41, 5.74) is 5.77. The highest BCUT2D eigenvalue weighted by Crippen LogP contribution is 2.35. The Morgan fingerprint density at radius 1 is 1.20 bits per heavy atom. The van der Waals surface area contributed by atoms with Crippen molar-refractivity contribution in [1.29, 1.82) is 10.5 Å². The lowest BCUT2D eigenvalue weighted by Gasteiger charge is -2.31. The van der Waals surface area contributed by atoms with Gasteiger partial charge in [0.15, 0.2) is 0 Å². The first kappa shape index (κ1) is 13.9. The summed E-state index contributed by atoms with van der Waals surface area (Å²) in [5, 5.41) is 38.1. The summed E-state index contributed by atoms with van der Waals surface area (Å²) >= 11 is 3.30. The van der Waals surface area contributed by atoms with Gasteiger partial charge in [0, 0.05) is 4.47 Å². The lowest BCUT2D eigenvalue weighted by molar-refractivity contribution is 0.238. The molecule has 0 spiro atoms. The summed E-state index contributed by atoms with van der Waals surface area (Å²) in [4.78, 5) is 1.15. The fraction of sp³-hybridized carbons (Fsp3) is 0.0769. The van der Waals surface area contributed by atoms with Crippen molar-refractivity contribution in [2.45, 2.75) is 6.10 Å². The van der Waals surface area contributed by atoms with E-state index in [-0.39, 0.29) is 17.0 Å². The standard InChI is InChI=1S/C13H9BrN4O2/c14-9-3-1-2-4-10(9)18-12(17)7(5-15)11(19)8(6-16)13(18)20/h1-4,11,19-20H,17H2. The molecule has 0 radical (unpaired) electrons. The van der Waals surface area contributed by atoms with E-state index >= 15 is 0 Å². The Morgan fingerprint density at radius 2 is 1.80 bits per heavy atom. The van der Waals surface area contributed by atoms with E-state index in [0.29, 0.717) is 10.2 Å². The predicted octanol–water partition coefficient (Wildman–Crippen LogP) is 1.62. The van der Waals surface area contributed by atoms with Crippen LogP contribution in [0.15, 0.2) is 51.6 Å². The van der Waals surface area contributed by atoms with E-state index in [9.17, 15) is 10.2 Å². The number of nitrogens with zero attached hydrogens (tertiary/aromatic N) is 3. The normalized spacial score (nSPS) is 18.8. The molecule has 1 heterocycles. The maximum Gasteiger partial charge on any atom is 0.214 e. The van der Waals surface area contributed by atoms with Crippen LogP contribution in [0.2, 0.25) is 0 Å². The van der Waals surface area contributed by atoms with Gasteiger partial charge in [-0.3, -0.25) is 4.90 Å². The first-order chi connectivity index (χ1) is 9.52. The molecule has 0 saturated heterocycles. The van der Waals surface area contributed by atoms with E-state index < -0.39 is 12.0 Å². The van der Waals surface area contributed by atoms with E-state index in [0.717, 1.165) is 4.90 Å². The van der Waals surface area contributed by atoms with Crippen LogP contribution in [0.25, 0.3) is 0 Å². The van der Waals surface area contributed by atoms with Crippen LogP contribution in [0.1, 0.15) is 0 Å². The number of anilines is 1. The first-order valence-electron chi connectivity index (χ1n) is 5.48. The van der Waals surface area contributed by atoms with E-state index in [1.807, 2.05) is 0 Å². The third-order valence-corrected chi connectivity index (χ3v) is 3.52. The molecule has 0 amide bonds. The van der Waals surface area contributed by atoms with Gasteiger partial charge in [-0.1, -0.05) is 12.1 Å². The molecule has 1 aromatic carbocycles. The highest BCUT2D eigenvalue weighted by atomic mass is 79.9. The van der Waals surface area contributed by atoms with E-state index in [1.54, 1.807) is 36.4 Å². The molecule has 2 rings (SSSR count). The van der Waals surface area contributed by atoms with Crippen LogP contribution in [0, 0.1) is 22.7 Å². The van der Waals surface area contributed by atoms with Gasteiger partial charge in [0.2, 0.25) is 5.88 Å². The second-order valence-corrected chi connectivity index (χ2v) is 4.80. The second kappa shape index (κ2) is 5.25. The summed E-state index contributed by atoms with van der Waals surface area (Å²) in [6.07, 6.45) is -1.52. The van der Waals surface area contributed by atoms with Gasteiger partial charge in [0.1, 0.15) is 35.2 Å². The van der Waals surface area contributed by atoms with Crippen molar-refractivity contribution in [2.24, 2.45) is 5.73 Å². The Balaban J connectivity index is 2.71. The zero-order valence-electron chi connectivity index (χ0n) is 10.1. The maximum atomic E-state index is 10.1. The smallest absolute Gasteiger partial charge is 0.214 e. The molecule has 1 aliphatic rings. The van der Waals surface area contributed by atoms with Gasteiger partial charge in [0.05, 0.1) is 5.69 Å². The summed E-state index contributed by atoms with van der Waals surface area (Å²) in [5.74, 6) is -0.619. The lowest BCUT2D eigenvalue weighted by Crippen LogP contribution is -2.37. The molecule has 4 N–H and O–H groups in total. The SMILES string of the molecule is N#CC1=C(N)N(c2ccccc2Br)C(O)=C(C#N)C1O. The van der Waals surface area contributed by atoms with Crippen molar-refractivity contribution in [3.05, 3.63) is 51.6 Å². The van der Waals surface area contributed by atoms with Crippen LogP contribution in [-0.2, 0) is 0 Å². The number of nitrogens with two attached hydrogens (primary N) is 1. The maximum absolute atomic E-state index is 10.1. The van der Waals surface area contributed by atoms with Gasteiger partial charge in [-0.2, -0.15) is 10.5 Å². The Hall–Kier alpha value is -2.48. The van der Waals surface area contributed by atoms with Crippen LogP contribution in [0.5, 0.6) is 0 Å². The van der Waals surface area contributed by atoms with Crippen LogP contribution in [-0.4, -0.2) is 16.3 Å². The minimum absolute atomic E-state index is 0.122. The number of rotatable bonds is 1. The van der Waals surface area contributed by atoms with Crippen LogP contribution in [0.4, 0.5) is 5.69 Å². The number of para-hydroxylation sites is 1.